The molecule has 94 valence electrons. The van der Waals surface area contributed by atoms with Crippen molar-refractivity contribution in [1.82, 2.24) is 10.2 Å². The molecule has 2 rings (SSSR count). The Hall–Kier alpha value is -0.0800. The van der Waals surface area contributed by atoms with Crippen LogP contribution in [-0.4, -0.2) is 36.6 Å². The quantitative estimate of drug-likeness (QED) is 0.790. The molecule has 2 fully saturated rings. The zero-order chi connectivity index (χ0) is 11.4. The molecule has 2 nitrogen and oxygen atoms in total. The van der Waals surface area contributed by atoms with Gasteiger partial charge in [-0.2, -0.15) is 0 Å². The van der Waals surface area contributed by atoms with Crippen LogP contribution in [0, 0.1) is 5.92 Å². The van der Waals surface area contributed by atoms with E-state index in [1.54, 1.807) is 0 Å². The maximum Gasteiger partial charge on any atom is 0.0139 e. The first-order valence-electron chi connectivity index (χ1n) is 7.33. The van der Waals surface area contributed by atoms with Crippen molar-refractivity contribution in [2.45, 2.75) is 64.5 Å². The predicted octanol–water partition coefficient (Wildman–Crippen LogP) is 2.64. The summed E-state index contributed by atoms with van der Waals surface area (Å²) < 4.78 is 0. The zero-order valence-corrected chi connectivity index (χ0v) is 11.0. The third-order valence-electron chi connectivity index (χ3n) is 4.63. The van der Waals surface area contributed by atoms with Crippen molar-refractivity contribution in [1.29, 1.82) is 0 Å². The number of rotatable bonds is 4. The fraction of sp³-hybridized carbons (Fsp3) is 1.00. The van der Waals surface area contributed by atoms with Gasteiger partial charge in [-0.1, -0.05) is 13.8 Å². The van der Waals surface area contributed by atoms with Crippen LogP contribution in [0.15, 0.2) is 0 Å². The molecule has 2 heteroatoms. The minimum atomic E-state index is 0.842. The molecule has 0 aromatic carbocycles. The molecular formula is C14H28N2. The Kier molecular flexibility index (Phi) is 4.66. The first kappa shape index (κ1) is 12.4. The van der Waals surface area contributed by atoms with Crippen molar-refractivity contribution in [3.05, 3.63) is 0 Å². The van der Waals surface area contributed by atoms with Gasteiger partial charge < -0.3 is 5.32 Å². The van der Waals surface area contributed by atoms with E-state index in [0.29, 0.717) is 0 Å². The van der Waals surface area contributed by atoms with E-state index in [0.717, 1.165) is 18.0 Å². The number of piperidine rings is 1. The maximum absolute atomic E-state index is 3.58. The Morgan fingerprint density at radius 1 is 1.19 bits per heavy atom. The Balaban J connectivity index is 1.96. The minimum absolute atomic E-state index is 0.842. The molecule has 0 aromatic rings. The van der Waals surface area contributed by atoms with Crippen LogP contribution in [0.3, 0.4) is 0 Å². The van der Waals surface area contributed by atoms with Crippen LogP contribution in [0.2, 0.25) is 0 Å². The van der Waals surface area contributed by atoms with Crippen molar-refractivity contribution in [2.24, 2.45) is 5.92 Å². The first-order chi connectivity index (χ1) is 7.86. The van der Waals surface area contributed by atoms with Crippen LogP contribution in [-0.2, 0) is 0 Å². The zero-order valence-electron chi connectivity index (χ0n) is 11.0. The van der Waals surface area contributed by atoms with Crippen molar-refractivity contribution in [3.8, 4) is 0 Å². The maximum atomic E-state index is 3.58. The molecule has 0 bridgehead atoms. The highest BCUT2D eigenvalue weighted by molar-refractivity contribution is 4.90. The molecule has 16 heavy (non-hydrogen) atoms. The van der Waals surface area contributed by atoms with Gasteiger partial charge in [0.05, 0.1) is 0 Å². The van der Waals surface area contributed by atoms with Crippen LogP contribution in [0.1, 0.15) is 52.4 Å². The lowest BCUT2D eigenvalue weighted by molar-refractivity contribution is 0.113. The van der Waals surface area contributed by atoms with Gasteiger partial charge in [-0.15, -0.1) is 0 Å². The fourth-order valence-corrected chi connectivity index (χ4v) is 3.74. The number of nitrogens with zero attached hydrogens (tertiary/aromatic N) is 1. The van der Waals surface area contributed by atoms with Gasteiger partial charge in [-0.25, -0.2) is 0 Å². The summed E-state index contributed by atoms with van der Waals surface area (Å²) in [6.07, 6.45) is 8.37. The Labute approximate surface area is 101 Å². The molecule has 2 aliphatic rings. The molecule has 2 unspecified atom stereocenters. The Morgan fingerprint density at radius 3 is 2.62 bits per heavy atom. The molecule has 0 aliphatic carbocycles. The summed E-state index contributed by atoms with van der Waals surface area (Å²) >= 11 is 0. The van der Waals surface area contributed by atoms with Gasteiger partial charge in [-0.05, 0) is 64.1 Å². The van der Waals surface area contributed by atoms with Gasteiger partial charge in [0.1, 0.15) is 0 Å². The SMILES string of the molecule is CCC(CC)N1CCCC1C1CCCNC1. The van der Waals surface area contributed by atoms with E-state index >= 15 is 0 Å². The molecule has 0 spiro atoms. The predicted molar refractivity (Wildman–Crippen MR) is 69.7 cm³/mol. The summed E-state index contributed by atoms with van der Waals surface area (Å²) in [5.41, 5.74) is 0. The fourth-order valence-electron chi connectivity index (χ4n) is 3.74. The monoisotopic (exact) mass is 224 g/mol. The lowest BCUT2D eigenvalue weighted by Gasteiger charge is -2.38. The molecule has 1 N–H and O–H groups in total. The third kappa shape index (κ3) is 2.60. The van der Waals surface area contributed by atoms with Crippen LogP contribution in [0.4, 0.5) is 0 Å². The Morgan fingerprint density at radius 2 is 2.00 bits per heavy atom. The highest BCUT2D eigenvalue weighted by Gasteiger charge is 2.34. The van der Waals surface area contributed by atoms with Gasteiger partial charge in [0, 0.05) is 12.1 Å². The highest BCUT2D eigenvalue weighted by atomic mass is 15.2. The van der Waals surface area contributed by atoms with Crippen LogP contribution >= 0.6 is 0 Å². The number of likely N-dealkylation sites (tertiary alicyclic amines) is 1. The van der Waals surface area contributed by atoms with Gasteiger partial charge in [0.25, 0.3) is 0 Å². The molecule has 0 amide bonds. The standard InChI is InChI=1S/C14H28N2/c1-3-13(4-2)16-10-6-8-14(16)12-7-5-9-15-11-12/h12-15H,3-11H2,1-2H3. The van der Waals surface area contributed by atoms with Crippen LogP contribution in [0.25, 0.3) is 0 Å². The van der Waals surface area contributed by atoms with Crippen molar-refractivity contribution < 1.29 is 0 Å². The van der Waals surface area contributed by atoms with E-state index < -0.39 is 0 Å². The number of hydrogen-bond acceptors (Lipinski definition) is 2. The van der Waals surface area contributed by atoms with E-state index in [1.165, 1.54) is 58.2 Å². The summed E-state index contributed by atoms with van der Waals surface area (Å²) in [6.45, 7) is 8.56. The summed E-state index contributed by atoms with van der Waals surface area (Å²) in [5, 5.41) is 3.58. The number of hydrogen-bond donors (Lipinski definition) is 1. The van der Waals surface area contributed by atoms with Crippen LogP contribution in [0.5, 0.6) is 0 Å². The largest absolute Gasteiger partial charge is 0.316 e. The van der Waals surface area contributed by atoms with Crippen molar-refractivity contribution in [2.75, 3.05) is 19.6 Å². The molecular weight excluding hydrogens is 196 g/mol. The van der Waals surface area contributed by atoms with E-state index in [2.05, 4.69) is 24.1 Å². The van der Waals surface area contributed by atoms with Crippen molar-refractivity contribution >= 4 is 0 Å². The van der Waals surface area contributed by atoms with Gasteiger partial charge in [-0.3, -0.25) is 4.90 Å². The van der Waals surface area contributed by atoms with E-state index in [1.807, 2.05) is 0 Å². The normalized spacial score (nSPS) is 32.4. The highest BCUT2D eigenvalue weighted by Crippen LogP contribution is 2.31. The van der Waals surface area contributed by atoms with E-state index in [-0.39, 0.29) is 0 Å². The molecule has 0 radical (unpaired) electrons. The van der Waals surface area contributed by atoms with Gasteiger partial charge >= 0.3 is 0 Å². The average molecular weight is 224 g/mol. The minimum Gasteiger partial charge on any atom is -0.316 e. The van der Waals surface area contributed by atoms with Gasteiger partial charge in [0.2, 0.25) is 0 Å². The summed E-state index contributed by atoms with van der Waals surface area (Å²) in [5.74, 6) is 0.928. The second-order valence-electron chi connectivity index (χ2n) is 5.52. The lowest BCUT2D eigenvalue weighted by atomic mass is 9.89. The molecule has 2 saturated heterocycles. The first-order valence-corrected chi connectivity index (χ1v) is 7.33. The summed E-state index contributed by atoms with van der Waals surface area (Å²) in [4.78, 5) is 2.83. The molecule has 0 aromatic heterocycles. The van der Waals surface area contributed by atoms with Crippen molar-refractivity contribution in [3.63, 3.8) is 0 Å². The topological polar surface area (TPSA) is 15.3 Å². The second-order valence-corrected chi connectivity index (χ2v) is 5.52. The lowest BCUT2D eigenvalue weighted by Crippen LogP contribution is -2.47. The molecule has 2 heterocycles. The average Bonchev–Trinajstić information content (AvgIpc) is 2.81. The summed E-state index contributed by atoms with van der Waals surface area (Å²) in [7, 11) is 0. The number of nitrogens with one attached hydrogen (secondary N) is 1. The summed E-state index contributed by atoms with van der Waals surface area (Å²) in [6, 6.07) is 1.73. The van der Waals surface area contributed by atoms with Crippen LogP contribution < -0.4 is 5.32 Å². The van der Waals surface area contributed by atoms with Gasteiger partial charge in [0.15, 0.2) is 0 Å². The van der Waals surface area contributed by atoms with E-state index in [4.69, 9.17) is 0 Å². The second kappa shape index (κ2) is 6.02. The molecule has 0 saturated carbocycles. The molecule has 2 atom stereocenters. The molecule has 2 aliphatic heterocycles. The van der Waals surface area contributed by atoms with E-state index in [9.17, 15) is 0 Å². The third-order valence-corrected chi connectivity index (χ3v) is 4.63. The Bertz CT molecular complexity index is 195. The smallest absolute Gasteiger partial charge is 0.0139 e.